The topological polar surface area (TPSA) is 71.5 Å². The monoisotopic (exact) mass is 250 g/mol. The van der Waals surface area contributed by atoms with Gasteiger partial charge in [-0.2, -0.15) is 0 Å². The molecule has 5 nitrogen and oxygen atoms in total. The molecule has 2 N–H and O–H groups in total. The van der Waals surface area contributed by atoms with Gasteiger partial charge < -0.3 is 15.2 Å². The van der Waals surface area contributed by atoms with E-state index in [0.717, 1.165) is 19.3 Å². The van der Waals surface area contributed by atoms with Gasteiger partial charge in [0.05, 0.1) is 12.2 Å². The molecule has 1 aliphatic rings. The molecule has 0 amide bonds. The van der Waals surface area contributed by atoms with Crippen molar-refractivity contribution in [2.45, 2.75) is 31.8 Å². The summed E-state index contributed by atoms with van der Waals surface area (Å²) < 4.78 is 4.96. The van der Waals surface area contributed by atoms with Gasteiger partial charge in [-0.3, -0.25) is 0 Å². The third-order valence-electron chi connectivity index (χ3n) is 3.17. The number of aromatic nitrogens is 1. The summed E-state index contributed by atoms with van der Waals surface area (Å²) in [6, 6.07) is 3.35. The van der Waals surface area contributed by atoms with Crippen molar-refractivity contribution in [2.24, 2.45) is 0 Å². The van der Waals surface area contributed by atoms with Crippen molar-refractivity contribution >= 4 is 11.8 Å². The number of esters is 1. The summed E-state index contributed by atoms with van der Waals surface area (Å²) in [6.07, 6.45) is 4.24. The molecular formula is C13H18N2O3. The molecule has 0 atom stereocenters. The SMILES string of the molecule is CCOC(=O)c1cccnc1NCC1(O)CCC1. The lowest BCUT2D eigenvalue weighted by atomic mass is 9.80. The molecule has 98 valence electrons. The highest BCUT2D eigenvalue weighted by Gasteiger charge is 2.34. The molecule has 1 fully saturated rings. The van der Waals surface area contributed by atoms with Gasteiger partial charge >= 0.3 is 5.97 Å². The first-order valence-electron chi connectivity index (χ1n) is 6.23. The summed E-state index contributed by atoms with van der Waals surface area (Å²) in [4.78, 5) is 15.8. The molecule has 0 bridgehead atoms. The van der Waals surface area contributed by atoms with Crippen LogP contribution in [-0.4, -0.2) is 34.8 Å². The van der Waals surface area contributed by atoms with Gasteiger partial charge in [0.15, 0.2) is 0 Å². The number of nitrogens with zero attached hydrogens (tertiary/aromatic N) is 1. The first-order valence-corrected chi connectivity index (χ1v) is 6.23. The minimum atomic E-state index is -0.649. The van der Waals surface area contributed by atoms with Crippen molar-refractivity contribution in [3.63, 3.8) is 0 Å². The summed E-state index contributed by atoms with van der Waals surface area (Å²) in [6.45, 7) is 2.51. The highest BCUT2D eigenvalue weighted by Crippen LogP contribution is 2.31. The van der Waals surface area contributed by atoms with Gasteiger partial charge in [-0.1, -0.05) is 0 Å². The number of carbonyl (C=O) groups excluding carboxylic acids is 1. The second-order valence-corrected chi connectivity index (χ2v) is 4.55. The van der Waals surface area contributed by atoms with Crippen LogP contribution in [0.3, 0.4) is 0 Å². The molecule has 1 saturated carbocycles. The molecule has 1 aromatic rings. The largest absolute Gasteiger partial charge is 0.462 e. The standard InChI is InChI=1S/C13H18N2O3/c1-2-18-12(16)10-5-3-8-14-11(10)15-9-13(17)6-4-7-13/h3,5,8,17H,2,4,6-7,9H2,1H3,(H,14,15). The zero-order valence-electron chi connectivity index (χ0n) is 10.5. The van der Waals surface area contributed by atoms with E-state index in [1.165, 1.54) is 0 Å². The maximum atomic E-state index is 11.7. The number of anilines is 1. The van der Waals surface area contributed by atoms with E-state index in [2.05, 4.69) is 10.3 Å². The lowest BCUT2D eigenvalue weighted by molar-refractivity contribution is -0.0203. The Bertz CT molecular complexity index is 430. The number of rotatable bonds is 5. The van der Waals surface area contributed by atoms with Crippen molar-refractivity contribution in [1.29, 1.82) is 0 Å². The third-order valence-corrected chi connectivity index (χ3v) is 3.17. The minimum Gasteiger partial charge on any atom is -0.462 e. The van der Waals surface area contributed by atoms with E-state index in [9.17, 15) is 9.90 Å². The van der Waals surface area contributed by atoms with Gasteiger partial charge in [0.25, 0.3) is 0 Å². The van der Waals surface area contributed by atoms with Crippen LogP contribution in [0.4, 0.5) is 5.82 Å². The predicted molar refractivity (Wildman–Crippen MR) is 67.5 cm³/mol. The normalized spacial score (nSPS) is 16.8. The average molecular weight is 250 g/mol. The summed E-state index contributed by atoms with van der Waals surface area (Å²) >= 11 is 0. The molecule has 1 aromatic heterocycles. The van der Waals surface area contributed by atoms with E-state index >= 15 is 0 Å². The second-order valence-electron chi connectivity index (χ2n) is 4.55. The van der Waals surface area contributed by atoms with Gasteiger partial charge in [-0.05, 0) is 38.3 Å². The maximum absolute atomic E-state index is 11.7. The number of aliphatic hydroxyl groups is 1. The predicted octanol–water partition coefficient (Wildman–Crippen LogP) is 1.59. The molecule has 2 rings (SSSR count). The highest BCUT2D eigenvalue weighted by atomic mass is 16.5. The fourth-order valence-corrected chi connectivity index (χ4v) is 1.93. The van der Waals surface area contributed by atoms with Crippen molar-refractivity contribution in [3.8, 4) is 0 Å². The molecule has 0 aliphatic heterocycles. The lowest BCUT2D eigenvalue weighted by Gasteiger charge is -2.36. The van der Waals surface area contributed by atoms with Crippen LogP contribution >= 0.6 is 0 Å². The van der Waals surface area contributed by atoms with E-state index in [-0.39, 0.29) is 0 Å². The van der Waals surface area contributed by atoms with Crippen LogP contribution in [0.25, 0.3) is 0 Å². The molecule has 18 heavy (non-hydrogen) atoms. The zero-order valence-corrected chi connectivity index (χ0v) is 10.5. The summed E-state index contributed by atoms with van der Waals surface area (Å²) in [5.74, 6) is 0.0741. The van der Waals surface area contributed by atoms with E-state index in [4.69, 9.17) is 4.74 Å². The molecule has 5 heteroatoms. The maximum Gasteiger partial charge on any atom is 0.341 e. The van der Waals surface area contributed by atoms with Crippen LogP contribution in [0.5, 0.6) is 0 Å². The number of carbonyl (C=O) groups is 1. The molecular weight excluding hydrogens is 232 g/mol. The Balaban J connectivity index is 2.05. The van der Waals surface area contributed by atoms with Crippen LogP contribution in [0.15, 0.2) is 18.3 Å². The van der Waals surface area contributed by atoms with Gasteiger partial charge in [0, 0.05) is 12.7 Å². The Morgan fingerprint density at radius 1 is 1.61 bits per heavy atom. The fraction of sp³-hybridized carbons (Fsp3) is 0.538. The minimum absolute atomic E-state index is 0.330. The van der Waals surface area contributed by atoms with Gasteiger partial charge in [0.1, 0.15) is 11.4 Å². The van der Waals surface area contributed by atoms with Crippen LogP contribution in [-0.2, 0) is 4.74 Å². The fourth-order valence-electron chi connectivity index (χ4n) is 1.93. The van der Waals surface area contributed by atoms with Crippen LogP contribution in [0.2, 0.25) is 0 Å². The summed E-state index contributed by atoms with van der Waals surface area (Å²) in [5.41, 5.74) is -0.244. The van der Waals surface area contributed by atoms with Crippen molar-refractivity contribution in [2.75, 3.05) is 18.5 Å². The van der Waals surface area contributed by atoms with Crippen molar-refractivity contribution < 1.29 is 14.6 Å². The van der Waals surface area contributed by atoms with Gasteiger partial charge in [0.2, 0.25) is 0 Å². The highest BCUT2D eigenvalue weighted by molar-refractivity contribution is 5.94. The number of pyridine rings is 1. The number of hydrogen-bond acceptors (Lipinski definition) is 5. The van der Waals surface area contributed by atoms with Gasteiger partial charge in [-0.15, -0.1) is 0 Å². The first kappa shape index (κ1) is 12.8. The third kappa shape index (κ3) is 2.79. The van der Waals surface area contributed by atoms with E-state index in [1.807, 2.05) is 0 Å². The average Bonchev–Trinajstić information content (AvgIpc) is 2.35. The first-order chi connectivity index (χ1) is 8.64. The second kappa shape index (κ2) is 5.35. The van der Waals surface area contributed by atoms with Crippen LogP contribution in [0.1, 0.15) is 36.5 Å². The van der Waals surface area contributed by atoms with E-state index in [0.29, 0.717) is 24.5 Å². The zero-order chi connectivity index (χ0) is 13.0. The Hall–Kier alpha value is -1.62. The van der Waals surface area contributed by atoms with Crippen LogP contribution in [0, 0.1) is 0 Å². The Kier molecular flexibility index (Phi) is 3.81. The van der Waals surface area contributed by atoms with Crippen molar-refractivity contribution in [1.82, 2.24) is 4.98 Å². The molecule has 0 radical (unpaired) electrons. The molecule has 1 heterocycles. The van der Waals surface area contributed by atoms with Gasteiger partial charge in [-0.25, -0.2) is 9.78 Å². The molecule has 0 unspecified atom stereocenters. The van der Waals surface area contributed by atoms with E-state index < -0.39 is 11.6 Å². The number of nitrogens with one attached hydrogen (secondary N) is 1. The number of hydrogen-bond donors (Lipinski definition) is 2. The Morgan fingerprint density at radius 3 is 3.00 bits per heavy atom. The van der Waals surface area contributed by atoms with Crippen molar-refractivity contribution in [3.05, 3.63) is 23.9 Å². The molecule has 0 saturated heterocycles. The summed E-state index contributed by atoms with van der Waals surface area (Å²) in [7, 11) is 0. The van der Waals surface area contributed by atoms with Crippen LogP contribution < -0.4 is 5.32 Å². The molecule has 0 spiro atoms. The molecule has 1 aliphatic carbocycles. The quantitative estimate of drug-likeness (QED) is 0.776. The molecule has 0 aromatic carbocycles. The number of ether oxygens (including phenoxy) is 1. The van der Waals surface area contributed by atoms with E-state index in [1.54, 1.807) is 25.3 Å². The lowest BCUT2D eigenvalue weighted by Crippen LogP contribution is -2.43. The Morgan fingerprint density at radius 2 is 2.39 bits per heavy atom. The smallest absolute Gasteiger partial charge is 0.341 e. The summed E-state index contributed by atoms with van der Waals surface area (Å²) in [5, 5.41) is 13.0. The Labute approximate surface area is 106 Å².